The number of H-pyrrole nitrogens is 1. The number of carbonyl (C=O) groups is 1. The normalized spacial score (nSPS) is 21.2. The van der Waals surface area contributed by atoms with Gasteiger partial charge in [-0.2, -0.15) is 10.2 Å². The molecule has 2 aromatic heterocycles. The highest BCUT2D eigenvalue weighted by Gasteiger charge is 2.54. The number of hydrogen-bond acceptors (Lipinski definition) is 14. The van der Waals surface area contributed by atoms with Gasteiger partial charge in [-0.3, -0.25) is 19.7 Å². The van der Waals surface area contributed by atoms with Gasteiger partial charge >= 0.3 is 15.1 Å². The summed E-state index contributed by atoms with van der Waals surface area (Å²) in [4.78, 5) is 37.0. The molecule has 4 atom stereocenters. The van der Waals surface area contributed by atoms with Gasteiger partial charge in [0.05, 0.1) is 37.6 Å². The number of nitrogens with one attached hydrogen (secondary N) is 2. The van der Waals surface area contributed by atoms with Gasteiger partial charge < -0.3 is 35.6 Å². The lowest BCUT2D eigenvalue weighted by Gasteiger charge is -2.40. The van der Waals surface area contributed by atoms with Crippen molar-refractivity contribution in [2.45, 2.75) is 187 Å². The fraction of sp³-hybridized carbons (Fsp3) is 0.821. The van der Waals surface area contributed by atoms with Crippen LogP contribution in [0.3, 0.4) is 0 Å². The lowest BCUT2D eigenvalue weighted by molar-refractivity contribution is -0.0682. The highest BCUT2D eigenvalue weighted by Crippen LogP contribution is 2.49. The molecule has 2 aromatic rings. The van der Waals surface area contributed by atoms with Crippen molar-refractivity contribution < 1.29 is 40.4 Å². The quantitative estimate of drug-likeness (QED) is 0.0770. The maximum absolute atomic E-state index is 13.2. The molecule has 21 heteroatoms. The summed E-state index contributed by atoms with van der Waals surface area (Å²) in [7, 11) is -8.32. The number of ether oxygens (including phenoxy) is 2. The zero-order valence-electron chi connectivity index (χ0n) is 37.9. The third-order valence-corrected chi connectivity index (χ3v) is 20.0. The van der Waals surface area contributed by atoms with Crippen LogP contribution in [0.15, 0.2) is 11.1 Å². The van der Waals surface area contributed by atoms with Crippen molar-refractivity contribution >= 4 is 57.4 Å². The molecule has 2 N–H and O–H groups in total. The summed E-state index contributed by atoms with van der Waals surface area (Å²) < 4.78 is 56.9. The van der Waals surface area contributed by atoms with Crippen LogP contribution < -0.4 is 10.9 Å². The average molecular weight is 914 g/mol. The van der Waals surface area contributed by atoms with Crippen LogP contribution in [0.5, 0.6) is 0 Å². The van der Waals surface area contributed by atoms with E-state index in [1.165, 1.54) is 51.3 Å². The largest absolute Gasteiger partial charge is 0.658 e. The van der Waals surface area contributed by atoms with Crippen molar-refractivity contribution in [1.29, 1.82) is 5.26 Å². The summed E-state index contributed by atoms with van der Waals surface area (Å²) >= 11 is 0. The fourth-order valence-electron chi connectivity index (χ4n) is 7.48. The second-order valence-electron chi connectivity index (χ2n) is 18.1. The molecule has 1 amide bonds. The van der Waals surface area contributed by atoms with Gasteiger partial charge in [-0.1, -0.05) is 57.8 Å². The summed E-state index contributed by atoms with van der Waals surface area (Å²) in [5.74, 6) is -0.138. The minimum Gasteiger partial charge on any atom is -0.448 e. The molecule has 0 radical (unpaired) electrons. The van der Waals surface area contributed by atoms with E-state index in [0.717, 1.165) is 25.7 Å². The second-order valence-corrected chi connectivity index (χ2v) is 31.3. The van der Waals surface area contributed by atoms with E-state index in [0.29, 0.717) is 6.42 Å². The Morgan fingerprint density at radius 3 is 2.12 bits per heavy atom. The standard InChI is InChI=1S/C39H72N7O10PSi3/c1-29(2)46(30(3)4)57(49-5)53-32-26-34(45-28-41-35-36(45)42-38(43-37(35)47)44-39(48)50-25-21-24-40)52-33(32)27-51-60(55-58(6,7)8,56-59(9,10)11)54-31-22-19-17-15-13-12-14-16-18-20-23-31/h28-34H,12-23,25-27H2,1-11H3,(H2,42,43,44,47,48)/t32-,33+,34+,57?/m0/s1. The molecule has 60 heavy (non-hydrogen) atoms. The first-order chi connectivity index (χ1) is 28.3. The predicted octanol–water partition coefficient (Wildman–Crippen LogP) is 9.09. The van der Waals surface area contributed by atoms with Gasteiger partial charge in [-0.25, -0.2) is 14.4 Å². The van der Waals surface area contributed by atoms with Gasteiger partial charge in [0, 0.05) is 25.6 Å². The Labute approximate surface area is 361 Å². The van der Waals surface area contributed by atoms with E-state index < -0.39 is 64.3 Å². The predicted molar refractivity (Wildman–Crippen MR) is 239 cm³/mol. The van der Waals surface area contributed by atoms with E-state index in [1.807, 2.05) is 6.07 Å². The number of rotatable bonds is 19. The molecule has 0 bridgehead atoms. The summed E-state index contributed by atoms with van der Waals surface area (Å²) in [5.41, 5.74) is -0.307. The van der Waals surface area contributed by atoms with Crippen LogP contribution in [-0.4, -0.2) is 107 Å². The molecular formula is C39H72N7O10PSi3. The Kier molecular flexibility index (Phi) is 19.8. The number of imidazole rings is 1. The van der Waals surface area contributed by atoms with E-state index in [1.54, 1.807) is 11.7 Å². The lowest BCUT2D eigenvalue weighted by atomic mass is 10.00. The molecule has 3 heterocycles. The molecule has 0 aromatic carbocycles. The van der Waals surface area contributed by atoms with Crippen LogP contribution in [0, 0.1) is 11.3 Å². The zero-order chi connectivity index (χ0) is 44.1. The summed E-state index contributed by atoms with van der Waals surface area (Å²) in [5, 5.41) is 11.2. The van der Waals surface area contributed by atoms with Crippen LogP contribution >= 0.6 is 8.53 Å². The molecule has 2 fully saturated rings. The number of amides is 1. The summed E-state index contributed by atoms with van der Waals surface area (Å²) in [6, 6.07) is 2.17. The first-order valence-electron chi connectivity index (χ1n) is 21.8. The topological polar surface area (TPSA) is 194 Å². The number of anilines is 1. The van der Waals surface area contributed by atoms with Crippen LogP contribution in [-0.2, 0) is 35.6 Å². The zero-order valence-corrected chi connectivity index (χ0v) is 41.8. The van der Waals surface area contributed by atoms with Crippen molar-refractivity contribution in [3.05, 3.63) is 16.7 Å². The Balaban J connectivity index is 1.71. The van der Waals surface area contributed by atoms with E-state index in [4.69, 9.17) is 40.9 Å². The molecule has 1 saturated carbocycles. The van der Waals surface area contributed by atoms with E-state index in [9.17, 15) is 9.59 Å². The summed E-state index contributed by atoms with van der Waals surface area (Å²) in [6.45, 7) is 21.2. The van der Waals surface area contributed by atoms with Crippen molar-refractivity contribution in [2.75, 3.05) is 25.6 Å². The highest BCUT2D eigenvalue weighted by molar-refractivity contribution is 7.44. The third kappa shape index (κ3) is 15.9. The molecule has 1 unspecified atom stereocenters. The number of aromatic amines is 1. The minimum atomic E-state index is -3.82. The van der Waals surface area contributed by atoms with Gasteiger partial charge in [-0.05, 0) is 79.8 Å². The molecule has 1 aliphatic heterocycles. The maximum atomic E-state index is 13.2. The number of nitrogens with zero attached hydrogens (tertiary/aromatic N) is 5. The Morgan fingerprint density at radius 2 is 1.58 bits per heavy atom. The Bertz CT molecular complexity index is 1700. The molecule has 4 rings (SSSR count). The van der Waals surface area contributed by atoms with Crippen LogP contribution in [0.2, 0.25) is 39.3 Å². The molecule has 17 nitrogen and oxygen atoms in total. The monoisotopic (exact) mass is 913 g/mol. The smallest absolute Gasteiger partial charge is 0.448 e. The van der Waals surface area contributed by atoms with Crippen molar-refractivity contribution in [2.24, 2.45) is 0 Å². The Hall–Kier alpha value is -2.13. The molecule has 1 saturated heterocycles. The van der Waals surface area contributed by atoms with Crippen molar-refractivity contribution in [3.8, 4) is 6.07 Å². The van der Waals surface area contributed by atoms with Gasteiger partial charge in [0.15, 0.2) is 27.8 Å². The summed E-state index contributed by atoms with van der Waals surface area (Å²) in [6.07, 6.45) is 11.8. The molecule has 1 aliphatic carbocycles. The SMILES string of the molecule is COP(O[C@H]1C[C@H](n2cnc3c(=O)[nH]c(NC(=O)OCCC#N)nc32)O[C@@H]1CO[Si](OC1CCCCCCCCCCC1)(O[Si](C)(C)C)O[Si](C)(C)C)N(C(C)C)C(C)C. The molecule has 0 spiro atoms. The molecular weight excluding hydrogens is 842 g/mol. The fourth-order valence-corrected chi connectivity index (χ4v) is 17.5. The molecule has 2 aliphatic rings. The van der Waals surface area contributed by atoms with Crippen LogP contribution in [0.25, 0.3) is 11.2 Å². The van der Waals surface area contributed by atoms with E-state index >= 15 is 0 Å². The number of hydrogen-bond donors (Lipinski definition) is 2. The number of carbonyl (C=O) groups excluding carboxylic acids is 1. The van der Waals surface area contributed by atoms with Crippen LogP contribution in [0.1, 0.15) is 117 Å². The second kappa shape index (κ2) is 23.5. The Morgan fingerprint density at radius 1 is 1.00 bits per heavy atom. The highest BCUT2D eigenvalue weighted by atomic mass is 31.2. The van der Waals surface area contributed by atoms with Gasteiger partial charge in [0.25, 0.3) is 14.1 Å². The number of aromatic nitrogens is 4. The average Bonchev–Trinajstić information content (AvgIpc) is 3.74. The van der Waals surface area contributed by atoms with Gasteiger partial charge in [-0.15, -0.1) is 0 Å². The van der Waals surface area contributed by atoms with Crippen molar-refractivity contribution in [1.82, 2.24) is 24.2 Å². The first-order valence-corrected chi connectivity index (χ1v) is 31.4. The lowest BCUT2D eigenvalue weighted by Crippen LogP contribution is -2.61. The van der Waals surface area contributed by atoms with E-state index in [-0.39, 0.29) is 54.9 Å². The first kappa shape index (κ1) is 50.5. The van der Waals surface area contributed by atoms with Crippen LogP contribution in [0.4, 0.5) is 10.7 Å². The third-order valence-electron chi connectivity index (χ3n) is 9.87. The van der Waals surface area contributed by atoms with E-state index in [2.05, 4.69) is 91.9 Å². The maximum Gasteiger partial charge on any atom is 0.658 e. The van der Waals surface area contributed by atoms with Gasteiger partial charge in [0.1, 0.15) is 18.9 Å². The molecule has 340 valence electrons. The number of fused-ring (bicyclic) bond motifs is 1. The minimum absolute atomic E-state index is 0.0263. The number of nitriles is 1. The van der Waals surface area contributed by atoms with Crippen molar-refractivity contribution in [3.63, 3.8) is 0 Å². The van der Waals surface area contributed by atoms with Gasteiger partial charge in [0.2, 0.25) is 5.95 Å².